The van der Waals surface area contributed by atoms with E-state index in [9.17, 15) is 4.79 Å². The molecule has 0 saturated heterocycles. The lowest BCUT2D eigenvalue weighted by atomic mass is 9.80. The van der Waals surface area contributed by atoms with Crippen molar-refractivity contribution >= 4 is 5.97 Å². The van der Waals surface area contributed by atoms with Gasteiger partial charge in [0.2, 0.25) is 0 Å². The number of carbonyl (C=O) groups excluding carboxylic acids is 1. The van der Waals surface area contributed by atoms with E-state index < -0.39 is 0 Å². The third-order valence-electron chi connectivity index (χ3n) is 4.86. The number of hydrogen-bond donors (Lipinski definition) is 0. The molecular weight excluding hydrogens is 284 g/mol. The Hall–Kier alpha value is -0.530. The average Bonchev–Trinajstić information content (AvgIpc) is 2.51. The lowest BCUT2D eigenvalue weighted by molar-refractivity contribution is -0.156. The van der Waals surface area contributed by atoms with Gasteiger partial charge in [0.05, 0.1) is 12.0 Å². The second-order valence-corrected chi connectivity index (χ2v) is 7.83. The zero-order valence-electron chi connectivity index (χ0n) is 16.6. The molecule has 1 atom stereocenters. The van der Waals surface area contributed by atoms with E-state index in [1.54, 1.807) is 0 Å². The number of carbonyl (C=O) groups is 1. The molecule has 0 saturated carbocycles. The smallest absolute Gasteiger partial charge is 0.311 e. The van der Waals surface area contributed by atoms with Crippen LogP contribution in [-0.2, 0) is 9.53 Å². The van der Waals surface area contributed by atoms with E-state index in [1.807, 2.05) is 6.92 Å². The van der Waals surface area contributed by atoms with Crippen molar-refractivity contribution in [2.45, 2.75) is 112 Å². The zero-order valence-corrected chi connectivity index (χ0v) is 16.6. The first kappa shape index (κ1) is 22.5. The first-order chi connectivity index (χ1) is 11.0. The summed E-state index contributed by atoms with van der Waals surface area (Å²) in [5, 5.41) is 0. The van der Waals surface area contributed by atoms with E-state index >= 15 is 0 Å². The Bertz CT molecular complexity index is 286. The van der Waals surface area contributed by atoms with Crippen LogP contribution in [-0.4, -0.2) is 12.6 Å². The summed E-state index contributed by atoms with van der Waals surface area (Å²) in [4.78, 5) is 12.3. The summed E-state index contributed by atoms with van der Waals surface area (Å²) in [6, 6.07) is 0. The maximum absolute atomic E-state index is 12.3. The van der Waals surface area contributed by atoms with Gasteiger partial charge >= 0.3 is 5.97 Å². The molecule has 0 N–H and O–H groups in total. The van der Waals surface area contributed by atoms with Gasteiger partial charge < -0.3 is 4.74 Å². The van der Waals surface area contributed by atoms with Gasteiger partial charge in [-0.2, -0.15) is 0 Å². The van der Waals surface area contributed by atoms with Gasteiger partial charge in [-0.15, -0.1) is 0 Å². The fourth-order valence-corrected chi connectivity index (χ4v) is 3.20. The predicted molar refractivity (Wildman–Crippen MR) is 101 cm³/mol. The molecule has 0 aliphatic carbocycles. The average molecular weight is 327 g/mol. The molecule has 0 spiro atoms. The van der Waals surface area contributed by atoms with Crippen molar-refractivity contribution in [3.8, 4) is 0 Å². The third-order valence-corrected chi connectivity index (χ3v) is 4.86. The third kappa shape index (κ3) is 11.6. The summed E-state index contributed by atoms with van der Waals surface area (Å²) in [6.45, 7) is 11.3. The van der Waals surface area contributed by atoms with Gasteiger partial charge in [-0.25, -0.2) is 0 Å². The van der Waals surface area contributed by atoms with Crippen molar-refractivity contribution < 1.29 is 9.53 Å². The van der Waals surface area contributed by atoms with Gasteiger partial charge in [-0.05, 0) is 32.1 Å². The van der Waals surface area contributed by atoms with E-state index in [0.717, 1.165) is 19.3 Å². The van der Waals surface area contributed by atoms with E-state index in [-0.39, 0.29) is 11.4 Å². The molecule has 138 valence electrons. The number of rotatable bonds is 15. The molecule has 0 fully saturated rings. The van der Waals surface area contributed by atoms with Crippen molar-refractivity contribution in [1.82, 2.24) is 0 Å². The topological polar surface area (TPSA) is 26.3 Å². The fraction of sp³-hybridized carbons (Fsp3) is 0.952. The van der Waals surface area contributed by atoms with Gasteiger partial charge in [-0.3, -0.25) is 4.79 Å². The molecule has 0 radical (unpaired) electrons. The van der Waals surface area contributed by atoms with Crippen LogP contribution in [0.3, 0.4) is 0 Å². The highest BCUT2D eigenvalue weighted by Gasteiger charge is 2.33. The van der Waals surface area contributed by atoms with Gasteiger partial charge in [0, 0.05) is 0 Å². The minimum Gasteiger partial charge on any atom is -0.465 e. The van der Waals surface area contributed by atoms with Crippen LogP contribution in [0.15, 0.2) is 0 Å². The van der Waals surface area contributed by atoms with Crippen LogP contribution >= 0.6 is 0 Å². The second kappa shape index (κ2) is 13.9. The highest BCUT2D eigenvalue weighted by molar-refractivity contribution is 5.76. The summed E-state index contributed by atoms with van der Waals surface area (Å²) in [5.41, 5.74) is -0.299. The minimum atomic E-state index is -0.299. The fourth-order valence-electron chi connectivity index (χ4n) is 3.20. The summed E-state index contributed by atoms with van der Waals surface area (Å²) < 4.78 is 5.53. The molecule has 23 heavy (non-hydrogen) atoms. The van der Waals surface area contributed by atoms with Crippen molar-refractivity contribution in [3.05, 3.63) is 0 Å². The number of hydrogen-bond acceptors (Lipinski definition) is 2. The zero-order chi connectivity index (χ0) is 17.6. The Balaban J connectivity index is 3.58. The van der Waals surface area contributed by atoms with Crippen LogP contribution in [0.4, 0.5) is 0 Å². The van der Waals surface area contributed by atoms with Gasteiger partial charge in [0.25, 0.3) is 0 Å². The van der Waals surface area contributed by atoms with E-state index in [4.69, 9.17) is 4.74 Å². The molecule has 0 aromatic carbocycles. The Labute approximate surface area is 145 Å². The van der Waals surface area contributed by atoms with Crippen molar-refractivity contribution in [3.63, 3.8) is 0 Å². The van der Waals surface area contributed by atoms with E-state index in [0.29, 0.717) is 12.5 Å². The van der Waals surface area contributed by atoms with Crippen molar-refractivity contribution in [2.75, 3.05) is 6.61 Å². The van der Waals surface area contributed by atoms with E-state index in [1.165, 1.54) is 57.8 Å². The number of ether oxygens (including phenoxy) is 1. The number of esters is 1. The van der Waals surface area contributed by atoms with Crippen molar-refractivity contribution in [1.29, 1.82) is 0 Å². The molecule has 0 aromatic heterocycles. The van der Waals surface area contributed by atoms with Crippen LogP contribution in [0.1, 0.15) is 112 Å². The standard InChI is InChI=1S/C21H42O2/c1-6-8-9-10-11-12-13-14-15-16-17-23-20(22)21(5,7-2)18-19(3)4/h19H,6-18H2,1-5H3. The normalized spacial score (nSPS) is 14.0. The Morgan fingerprint density at radius 2 is 1.35 bits per heavy atom. The van der Waals surface area contributed by atoms with Crippen molar-refractivity contribution in [2.24, 2.45) is 11.3 Å². The maximum Gasteiger partial charge on any atom is 0.311 e. The van der Waals surface area contributed by atoms with Crippen LogP contribution in [0.25, 0.3) is 0 Å². The molecular formula is C21H42O2. The first-order valence-electron chi connectivity index (χ1n) is 10.1. The molecule has 0 aromatic rings. The second-order valence-electron chi connectivity index (χ2n) is 7.83. The number of unbranched alkanes of at least 4 members (excludes halogenated alkanes) is 9. The minimum absolute atomic E-state index is 0.00428. The van der Waals surface area contributed by atoms with Gasteiger partial charge in [0.15, 0.2) is 0 Å². The van der Waals surface area contributed by atoms with Gasteiger partial charge in [0.1, 0.15) is 0 Å². The van der Waals surface area contributed by atoms with Crippen LogP contribution in [0.5, 0.6) is 0 Å². The summed E-state index contributed by atoms with van der Waals surface area (Å²) in [7, 11) is 0. The molecule has 1 unspecified atom stereocenters. The molecule has 0 bridgehead atoms. The quantitative estimate of drug-likeness (QED) is 0.241. The Morgan fingerprint density at radius 3 is 1.78 bits per heavy atom. The van der Waals surface area contributed by atoms with E-state index in [2.05, 4.69) is 27.7 Å². The highest BCUT2D eigenvalue weighted by atomic mass is 16.5. The maximum atomic E-state index is 12.3. The molecule has 0 aliphatic rings. The first-order valence-corrected chi connectivity index (χ1v) is 10.1. The highest BCUT2D eigenvalue weighted by Crippen LogP contribution is 2.31. The monoisotopic (exact) mass is 326 g/mol. The molecule has 0 heterocycles. The van der Waals surface area contributed by atoms with Crippen LogP contribution in [0.2, 0.25) is 0 Å². The van der Waals surface area contributed by atoms with Crippen LogP contribution in [0, 0.1) is 11.3 Å². The summed E-state index contributed by atoms with van der Waals surface area (Å²) >= 11 is 0. The molecule has 2 heteroatoms. The lowest BCUT2D eigenvalue weighted by Gasteiger charge is -2.27. The molecule has 0 amide bonds. The Morgan fingerprint density at radius 1 is 0.870 bits per heavy atom. The molecule has 0 rings (SSSR count). The largest absolute Gasteiger partial charge is 0.465 e. The molecule has 2 nitrogen and oxygen atoms in total. The van der Waals surface area contributed by atoms with Crippen LogP contribution < -0.4 is 0 Å². The lowest BCUT2D eigenvalue weighted by Crippen LogP contribution is -2.31. The molecule has 0 aliphatic heterocycles. The predicted octanol–water partition coefficient (Wildman–Crippen LogP) is 6.91. The van der Waals surface area contributed by atoms with Gasteiger partial charge in [-0.1, -0.05) is 85.5 Å². The summed E-state index contributed by atoms with van der Waals surface area (Å²) in [6.07, 6.45) is 14.9. The summed E-state index contributed by atoms with van der Waals surface area (Å²) in [5.74, 6) is 0.537. The SMILES string of the molecule is CCCCCCCCCCCCOC(=O)C(C)(CC)CC(C)C. The Kier molecular flexibility index (Phi) is 13.5.